The van der Waals surface area contributed by atoms with E-state index in [1.165, 1.54) is 0 Å². The van der Waals surface area contributed by atoms with Gasteiger partial charge in [-0.25, -0.2) is 0 Å². The standard InChI is InChI=1S/C17H22N4O2/c1-20(2)8-9-21-10-12(17(23)19-11-6-7-11)16(22)15-13(18)4-3-5-14(15)21/h3-5,10-11H,6-9,18H2,1-2H3,(H,19,23). The molecule has 0 atom stereocenters. The highest BCUT2D eigenvalue weighted by atomic mass is 16.2. The normalized spacial score (nSPS) is 14.4. The first kappa shape index (κ1) is 15.6. The van der Waals surface area contributed by atoms with Crippen molar-refractivity contribution in [2.24, 2.45) is 0 Å². The molecule has 0 spiro atoms. The summed E-state index contributed by atoms with van der Waals surface area (Å²) in [5.74, 6) is -0.304. The Morgan fingerprint density at radius 2 is 2.13 bits per heavy atom. The van der Waals surface area contributed by atoms with Gasteiger partial charge in [0.15, 0.2) is 0 Å². The van der Waals surface area contributed by atoms with Crippen LogP contribution in [0.2, 0.25) is 0 Å². The van der Waals surface area contributed by atoms with Crippen LogP contribution in [0.3, 0.4) is 0 Å². The van der Waals surface area contributed by atoms with Crippen molar-refractivity contribution in [3.05, 3.63) is 40.2 Å². The number of nitrogens with zero attached hydrogens (tertiary/aromatic N) is 2. The van der Waals surface area contributed by atoms with Gasteiger partial charge in [-0.15, -0.1) is 0 Å². The molecule has 1 aromatic heterocycles. The first-order valence-electron chi connectivity index (χ1n) is 7.84. The second kappa shape index (κ2) is 6.04. The highest BCUT2D eigenvalue weighted by Gasteiger charge is 2.26. The van der Waals surface area contributed by atoms with Crippen LogP contribution < -0.4 is 16.5 Å². The maximum Gasteiger partial charge on any atom is 0.256 e. The average Bonchev–Trinajstić information content (AvgIpc) is 3.30. The number of hydrogen-bond acceptors (Lipinski definition) is 4. The lowest BCUT2D eigenvalue weighted by Crippen LogP contribution is -2.32. The third-order valence-corrected chi connectivity index (χ3v) is 4.09. The van der Waals surface area contributed by atoms with Gasteiger partial charge in [0.05, 0.1) is 10.9 Å². The van der Waals surface area contributed by atoms with Gasteiger partial charge in [-0.05, 0) is 39.1 Å². The topological polar surface area (TPSA) is 80.4 Å². The number of likely N-dealkylation sites (N-methyl/N-ethyl adjacent to an activating group) is 1. The van der Waals surface area contributed by atoms with Crippen LogP contribution in [-0.4, -0.2) is 42.1 Å². The van der Waals surface area contributed by atoms with Gasteiger partial charge < -0.3 is 20.5 Å². The highest BCUT2D eigenvalue weighted by Crippen LogP contribution is 2.21. The first-order valence-corrected chi connectivity index (χ1v) is 7.84. The number of carbonyl (C=O) groups is 1. The number of hydrogen-bond donors (Lipinski definition) is 2. The summed E-state index contributed by atoms with van der Waals surface area (Å²) in [6.45, 7) is 1.48. The van der Waals surface area contributed by atoms with Crippen LogP contribution in [0.5, 0.6) is 0 Å². The predicted molar refractivity (Wildman–Crippen MR) is 91.7 cm³/mol. The number of aromatic nitrogens is 1. The second-order valence-corrected chi connectivity index (χ2v) is 6.36. The molecule has 1 aliphatic rings. The van der Waals surface area contributed by atoms with E-state index < -0.39 is 0 Å². The van der Waals surface area contributed by atoms with Crippen molar-refractivity contribution in [3.8, 4) is 0 Å². The van der Waals surface area contributed by atoms with E-state index in [4.69, 9.17) is 5.73 Å². The fourth-order valence-electron chi connectivity index (χ4n) is 2.61. The van der Waals surface area contributed by atoms with Crippen LogP contribution in [-0.2, 0) is 6.54 Å². The zero-order chi connectivity index (χ0) is 16.6. The Kier molecular flexibility index (Phi) is 4.09. The van der Waals surface area contributed by atoms with E-state index in [1.54, 1.807) is 12.3 Å². The molecular weight excluding hydrogens is 292 g/mol. The number of rotatable bonds is 5. The van der Waals surface area contributed by atoms with Crippen molar-refractivity contribution >= 4 is 22.5 Å². The van der Waals surface area contributed by atoms with Gasteiger partial charge >= 0.3 is 0 Å². The maximum absolute atomic E-state index is 12.7. The zero-order valence-corrected chi connectivity index (χ0v) is 13.5. The molecule has 3 N–H and O–H groups in total. The molecule has 0 unspecified atom stereocenters. The van der Waals surface area contributed by atoms with E-state index in [2.05, 4.69) is 10.2 Å². The molecule has 1 amide bonds. The summed E-state index contributed by atoms with van der Waals surface area (Å²) < 4.78 is 1.94. The largest absolute Gasteiger partial charge is 0.398 e. The Morgan fingerprint density at radius 1 is 1.39 bits per heavy atom. The summed E-state index contributed by atoms with van der Waals surface area (Å²) in [6.07, 6.45) is 3.62. The molecule has 2 aromatic rings. The van der Waals surface area contributed by atoms with E-state index in [0.29, 0.717) is 17.6 Å². The molecule has 0 radical (unpaired) electrons. The van der Waals surface area contributed by atoms with Gasteiger partial charge in [-0.1, -0.05) is 6.07 Å². The number of nitrogens with two attached hydrogens (primary N) is 1. The van der Waals surface area contributed by atoms with Gasteiger partial charge in [-0.2, -0.15) is 0 Å². The Morgan fingerprint density at radius 3 is 2.78 bits per heavy atom. The van der Waals surface area contributed by atoms with Crippen LogP contribution in [0, 0.1) is 0 Å². The third-order valence-electron chi connectivity index (χ3n) is 4.09. The van der Waals surface area contributed by atoms with Crippen molar-refractivity contribution in [2.75, 3.05) is 26.4 Å². The number of nitrogen functional groups attached to an aromatic ring is 1. The number of nitrogens with one attached hydrogen (secondary N) is 1. The lowest BCUT2D eigenvalue weighted by Gasteiger charge is -2.16. The summed E-state index contributed by atoms with van der Waals surface area (Å²) in [4.78, 5) is 27.2. The van der Waals surface area contributed by atoms with Gasteiger partial charge in [-0.3, -0.25) is 9.59 Å². The number of amides is 1. The zero-order valence-electron chi connectivity index (χ0n) is 13.5. The molecule has 3 rings (SSSR count). The van der Waals surface area contributed by atoms with Crippen molar-refractivity contribution in [1.29, 1.82) is 0 Å². The molecule has 122 valence electrons. The van der Waals surface area contributed by atoms with Gasteiger partial charge in [0, 0.05) is 31.0 Å². The van der Waals surface area contributed by atoms with Crippen LogP contribution in [0.15, 0.2) is 29.2 Å². The Labute approximate surface area is 134 Å². The highest BCUT2D eigenvalue weighted by molar-refractivity contribution is 6.00. The van der Waals surface area contributed by atoms with Crippen molar-refractivity contribution in [1.82, 2.24) is 14.8 Å². The van der Waals surface area contributed by atoms with E-state index in [9.17, 15) is 9.59 Å². The molecule has 0 aliphatic heterocycles. The first-order chi connectivity index (χ1) is 11.0. The molecule has 1 fully saturated rings. The maximum atomic E-state index is 12.7. The molecular formula is C17H22N4O2. The molecule has 1 saturated carbocycles. The minimum absolute atomic E-state index is 0.168. The molecule has 0 bridgehead atoms. The summed E-state index contributed by atoms with van der Waals surface area (Å²) in [7, 11) is 3.97. The van der Waals surface area contributed by atoms with Crippen LogP contribution >= 0.6 is 0 Å². The minimum atomic E-state index is -0.304. The minimum Gasteiger partial charge on any atom is -0.398 e. The Hall–Kier alpha value is -2.34. The van der Waals surface area contributed by atoms with E-state index >= 15 is 0 Å². The summed E-state index contributed by atoms with van der Waals surface area (Å²) >= 11 is 0. The lowest BCUT2D eigenvalue weighted by molar-refractivity contribution is 0.0949. The number of benzene rings is 1. The molecule has 0 saturated heterocycles. The van der Waals surface area contributed by atoms with Crippen molar-refractivity contribution in [3.63, 3.8) is 0 Å². The summed E-state index contributed by atoms with van der Waals surface area (Å²) in [6, 6.07) is 5.60. The predicted octanol–water partition coefficient (Wildman–Crippen LogP) is 1.04. The summed E-state index contributed by atoms with van der Waals surface area (Å²) in [5, 5.41) is 3.31. The Balaban J connectivity index is 2.12. The van der Waals surface area contributed by atoms with Crippen LogP contribution in [0.25, 0.3) is 10.9 Å². The molecule has 6 nitrogen and oxygen atoms in total. The van der Waals surface area contributed by atoms with E-state index in [0.717, 1.165) is 24.9 Å². The van der Waals surface area contributed by atoms with Crippen LogP contribution in [0.1, 0.15) is 23.2 Å². The van der Waals surface area contributed by atoms with E-state index in [-0.39, 0.29) is 22.9 Å². The molecule has 23 heavy (non-hydrogen) atoms. The monoisotopic (exact) mass is 314 g/mol. The van der Waals surface area contributed by atoms with E-state index in [1.807, 2.05) is 30.8 Å². The quantitative estimate of drug-likeness (QED) is 0.808. The Bertz CT molecular complexity index is 806. The third kappa shape index (κ3) is 3.22. The van der Waals surface area contributed by atoms with Crippen molar-refractivity contribution in [2.45, 2.75) is 25.4 Å². The van der Waals surface area contributed by atoms with Gasteiger partial charge in [0.25, 0.3) is 5.91 Å². The van der Waals surface area contributed by atoms with Gasteiger partial charge in [0.2, 0.25) is 5.43 Å². The average molecular weight is 314 g/mol. The molecule has 1 aromatic carbocycles. The fraction of sp³-hybridized carbons (Fsp3) is 0.412. The molecule has 1 aliphatic carbocycles. The van der Waals surface area contributed by atoms with Gasteiger partial charge in [0.1, 0.15) is 5.56 Å². The number of anilines is 1. The lowest BCUT2D eigenvalue weighted by atomic mass is 10.1. The second-order valence-electron chi connectivity index (χ2n) is 6.36. The molecule has 1 heterocycles. The number of fused-ring (bicyclic) bond motifs is 1. The smallest absolute Gasteiger partial charge is 0.256 e. The SMILES string of the molecule is CN(C)CCn1cc(C(=O)NC2CC2)c(=O)c2c(N)cccc21. The molecule has 6 heteroatoms. The number of pyridine rings is 1. The fourth-order valence-corrected chi connectivity index (χ4v) is 2.61. The van der Waals surface area contributed by atoms with Crippen molar-refractivity contribution < 1.29 is 4.79 Å². The number of carbonyl (C=O) groups excluding carboxylic acids is 1. The summed E-state index contributed by atoms with van der Waals surface area (Å²) in [5.41, 5.74) is 7.06. The van der Waals surface area contributed by atoms with Crippen LogP contribution in [0.4, 0.5) is 5.69 Å².